The molecule has 0 unspecified atom stereocenters. The summed E-state index contributed by atoms with van der Waals surface area (Å²) in [4.78, 5) is 14.5. The molecule has 1 aliphatic heterocycles. The lowest BCUT2D eigenvalue weighted by atomic mass is 9.93. The lowest BCUT2D eigenvalue weighted by molar-refractivity contribution is 0.0687. The highest BCUT2D eigenvalue weighted by molar-refractivity contribution is 7.89. The molecule has 1 N–H and O–H groups in total. The quantitative estimate of drug-likeness (QED) is 0.693. The minimum absolute atomic E-state index is 0.0585. The summed E-state index contributed by atoms with van der Waals surface area (Å²) < 4.78 is 38.2. The van der Waals surface area contributed by atoms with Crippen molar-refractivity contribution in [3.05, 3.63) is 54.1 Å². The molecular weight excluding hydrogens is 404 g/mol. The molecule has 0 aromatic heterocycles. The largest absolute Gasteiger partial charge is 0.493 e. The van der Waals surface area contributed by atoms with Gasteiger partial charge in [-0.3, -0.25) is 4.79 Å². The van der Waals surface area contributed by atoms with E-state index in [-0.39, 0.29) is 10.8 Å². The number of nitrogens with one attached hydrogen (secondary N) is 1. The summed E-state index contributed by atoms with van der Waals surface area (Å²) in [5.41, 5.74) is 0.707. The van der Waals surface area contributed by atoms with Crippen molar-refractivity contribution in [2.45, 2.75) is 24.2 Å². The fourth-order valence-electron chi connectivity index (χ4n) is 3.65. The summed E-state index contributed by atoms with van der Waals surface area (Å²) in [5.74, 6) is 1.30. The number of ether oxygens (including phenoxy) is 2. The molecule has 30 heavy (non-hydrogen) atoms. The molecule has 7 nitrogen and oxygen atoms in total. The molecule has 0 radical (unpaired) electrons. The van der Waals surface area contributed by atoms with E-state index in [0.29, 0.717) is 42.6 Å². The van der Waals surface area contributed by atoms with Gasteiger partial charge in [0.05, 0.1) is 19.1 Å². The van der Waals surface area contributed by atoms with Crippen molar-refractivity contribution in [2.24, 2.45) is 5.92 Å². The lowest BCUT2D eigenvalue weighted by Gasteiger charge is -2.32. The van der Waals surface area contributed by atoms with Crippen LogP contribution in [0.15, 0.2) is 53.4 Å². The Morgan fingerprint density at radius 1 is 1.03 bits per heavy atom. The van der Waals surface area contributed by atoms with Crippen molar-refractivity contribution in [3.63, 3.8) is 0 Å². The molecule has 1 heterocycles. The first-order chi connectivity index (χ1) is 14.4. The Labute approximate surface area is 178 Å². The van der Waals surface area contributed by atoms with Crippen LogP contribution in [-0.2, 0) is 10.0 Å². The van der Waals surface area contributed by atoms with E-state index < -0.39 is 10.0 Å². The van der Waals surface area contributed by atoms with E-state index in [1.54, 1.807) is 6.07 Å². The molecule has 2 aromatic carbocycles. The zero-order valence-electron chi connectivity index (χ0n) is 17.3. The van der Waals surface area contributed by atoms with Crippen LogP contribution in [0.2, 0.25) is 0 Å². The average Bonchev–Trinajstić information content (AvgIpc) is 2.79. The van der Waals surface area contributed by atoms with Gasteiger partial charge in [0.15, 0.2) is 11.5 Å². The van der Waals surface area contributed by atoms with Crippen LogP contribution in [-0.4, -0.2) is 53.1 Å². The van der Waals surface area contributed by atoms with E-state index in [2.05, 4.69) is 4.72 Å². The van der Waals surface area contributed by atoms with Crippen LogP contribution in [0.25, 0.3) is 0 Å². The standard InChI is InChI=1S/C22H28N2O5S/c1-28-20-9-8-19(16-21(20)29-2)30(26,27)23-13-10-17-11-14-24(15-12-17)22(25)18-6-4-3-5-7-18/h3-9,16-17,23H,10-15H2,1-2H3. The smallest absolute Gasteiger partial charge is 0.253 e. The fourth-order valence-corrected chi connectivity index (χ4v) is 4.72. The molecule has 0 bridgehead atoms. The Kier molecular flexibility index (Phi) is 7.33. The SMILES string of the molecule is COc1ccc(S(=O)(=O)NCCC2CCN(C(=O)c3ccccc3)CC2)cc1OC. The molecule has 2 aromatic rings. The van der Waals surface area contributed by atoms with E-state index in [1.807, 2.05) is 35.2 Å². The second-order valence-electron chi connectivity index (χ2n) is 7.30. The first-order valence-corrected chi connectivity index (χ1v) is 11.5. The molecule has 0 atom stereocenters. The number of hydrogen-bond acceptors (Lipinski definition) is 5. The van der Waals surface area contributed by atoms with E-state index in [0.717, 1.165) is 19.3 Å². The Balaban J connectivity index is 1.48. The summed E-state index contributed by atoms with van der Waals surface area (Å²) in [6.07, 6.45) is 2.48. The van der Waals surface area contributed by atoms with Crippen molar-refractivity contribution in [1.29, 1.82) is 0 Å². The Bertz CT molecular complexity index is 955. The van der Waals surface area contributed by atoms with Gasteiger partial charge in [-0.2, -0.15) is 0 Å². The number of piperidine rings is 1. The predicted molar refractivity (Wildman–Crippen MR) is 114 cm³/mol. The van der Waals surface area contributed by atoms with Crippen LogP contribution in [0.4, 0.5) is 0 Å². The minimum Gasteiger partial charge on any atom is -0.493 e. The molecule has 1 saturated heterocycles. The highest BCUT2D eigenvalue weighted by Gasteiger charge is 2.24. The van der Waals surface area contributed by atoms with Gasteiger partial charge in [-0.15, -0.1) is 0 Å². The lowest BCUT2D eigenvalue weighted by Crippen LogP contribution is -2.39. The maximum atomic E-state index is 12.6. The maximum Gasteiger partial charge on any atom is 0.253 e. The van der Waals surface area contributed by atoms with Crippen molar-refractivity contribution < 1.29 is 22.7 Å². The molecule has 0 saturated carbocycles. The van der Waals surface area contributed by atoms with Gasteiger partial charge in [-0.05, 0) is 49.4 Å². The minimum atomic E-state index is -3.63. The van der Waals surface area contributed by atoms with Gasteiger partial charge in [0.2, 0.25) is 10.0 Å². The van der Waals surface area contributed by atoms with Crippen molar-refractivity contribution in [3.8, 4) is 11.5 Å². The summed E-state index contributed by atoms with van der Waals surface area (Å²) in [6, 6.07) is 13.8. The van der Waals surface area contributed by atoms with Crippen molar-refractivity contribution in [1.82, 2.24) is 9.62 Å². The van der Waals surface area contributed by atoms with Crippen molar-refractivity contribution in [2.75, 3.05) is 33.9 Å². The highest BCUT2D eigenvalue weighted by Crippen LogP contribution is 2.29. The zero-order valence-corrected chi connectivity index (χ0v) is 18.2. The number of sulfonamides is 1. The first-order valence-electron chi connectivity index (χ1n) is 10.0. The molecule has 0 aliphatic carbocycles. The van der Waals surface area contributed by atoms with Crippen molar-refractivity contribution >= 4 is 15.9 Å². The summed E-state index contributed by atoms with van der Waals surface area (Å²) in [7, 11) is -0.657. The Hall–Kier alpha value is -2.58. The molecule has 1 amide bonds. The summed E-state index contributed by atoms with van der Waals surface area (Å²) in [5, 5.41) is 0. The monoisotopic (exact) mass is 432 g/mol. The van der Waals surface area contributed by atoms with Crippen LogP contribution in [0, 0.1) is 5.92 Å². The number of methoxy groups -OCH3 is 2. The van der Waals surface area contributed by atoms with Gasteiger partial charge in [0, 0.05) is 31.3 Å². The number of likely N-dealkylation sites (tertiary alicyclic amines) is 1. The van der Waals surface area contributed by atoms with Gasteiger partial charge in [0.1, 0.15) is 0 Å². The Morgan fingerprint density at radius 2 is 1.70 bits per heavy atom. The third kappa shape index (κ3) is 5.31. The molecule has 1 aliphatic rings. The van der Waals surface area contributed by atoms with E-state index in [1.165, 1.54) is 26.4 Å². The van der Waals surface area contributed by atoms with Crippen LogP contribution in [0.3, 0.4) is 0 Å². The Morgan fingerprint density at radius 3 is 2.33 bits per heavy atom. The highest BCUT2D eigenvalue weighted by atomic mass is 32.2. The van der Waals surface area contributed by atoms with Gasteiger partial charge in [0.25, 0.3) is 5.91 Å². The second-order valence-corrected chi connectivity index (χ2v) is 9.07. The predicted octanol–water partition coefficient (Wildman–Crippen LogP) is 2.92. The van der Waals surface area contributed by atoms with Crippen LogP contribution in [0.1, 0.15) is 29.6 Å². The van der Waals surface area contributed by atoms with Crippen LogP contribution < -0.4 is 14.2 Å². The average molecular weight is 433 g/mol. The van der Waals surface area contributed by atoms with Gasteiger partial charge in [-0.1, -0.05) is 18.2 Å². The molecular formula is C22H28N2O5S. The summed E-state index contributed by atoms with van der Waals surface area (Å²) >= 11 is 0. The van der Waals surface area contributed by atoms with Crippen LogP contribution in [0.5, 0.6) is 11.5 Å². The number of carbonyl (C=O) groups is 1. The second kappa shape index (κ2) is 9.95. The third-order valence-electron chi connectivity index (χ3n) is 5.43. The molecule has 1 fully saturated rings. The molecule has 0 spiro atoms. The zero-order chi connectivity index (χ0) is 21.6. The van der Waals surface area contributed by atoms with Gasteiger partial charge >= 0.3 is 0 Å². The number of hydrogen-bond donors (Lipinski definition) is 1. The van der Waals surface area contributed by atoms with Crippen LogP contribution >= 0.6 is 0 Å². The number of carbonyl (C=O) groups excluding carboxylic acids is 1. The first kappa shape index (κ1) is 22.1. The van der Waals surface area contributed by atoms with E-state index >= 15 is 0 Å². The van der Waals surface area contributed by atoms with Gasteiger partial charge in [-0.25, -0.2) is 13.1 Å². The number of benzene rings is 2. The van der Waals surface area contributed by atoms with E-state index in [9.17, 15) is 13.2 Å². The number of rotatable bonds is 8. The topological polar surface area (TPSA) is 84.9 Å². The van der Waals surface area contributed by atoms with E-state index in [4.69, 9.17) is 9.47 Å². The molecule has 162 valence electrons. The normalized spacial score (nSPS) is 15.1. The maximum absolute atomic E-state index is 12.6. The number of amides is 1. The molecule has 3 rings (SSSR count). The third-order valence-corrected chi connectivity index (χ3v) is 6.89. The number of nitrogens with zero attached hydrogens (tertiary/aromatic N) is 1. The molecule has 8 heteroatoms. The summed E-state index contributed by atoms with van der Waals surface area (Å²) in [6.45, 7) is 1.75. The van der Waals surface area contributed by atoms with Gasteiger partial charge < -0.3 is 14.4 Å². The fraction of sp³-hybridized carbons (Fsp3) is 0.409.